The molecular weight excluding hydrogens is 316 g/mol. The van der Waals surface area contributed by atoms with Crippen LogP contribution in [0.4, 0.5) is 11.5 Å². The Bertz CT molecular complexity index is 716. The molecule has 2 N–H and O–H groups in total. The highest BCUT2D eigenvalue weighted by molar-refractivity contribution is 7.80. The molecule has 1 aliphatic rings. The second kappa shape index (κ2) is 7.62. The molecule has 0 spiro atoms. The Morgan fingerprint density at radius 1 is 1.25 bits per heavy atom. The maximum Gasteiger partial charge on any atom is 0.171 e. The average Bonchev–Trinajstić information content (AvgIpc) is 2.87. The largest absolute Gasteiger partial charge is 0.368 e. The summed E-state index contributed by atoms with van der Waals surface area (Å²) in [5.74, 6) is 0.787. The molecule has 0 fully saturated rings. The molecule has 24 heavy (non-hydrogen) atoms. The van der Waals surface area contributed by atoms with Gasteiger partial charge in [0.2, 0.25) is 0 Å². The van der Waals surface area contributed by atoms with Crippen molar-refractivity contribution in [3.8, 4) is 0 Å². The highest BCUT2D eigenvalue weighted by atomic mass is 32.1. The summed E-state index contributed by atoms with van der Waals surface area (Å²) in [6.45, 7) is 6.15. The Kier molecular flexibility index (Phi) is 5.30. The van der Waals surface area contributed by atoms with Gasteiger partial charge >= 0.3 is 0 Å². The minimum absolute atomic E-state index is 0.573. The van der Waals surface area contributed by atoms with Crippen molar-refractivity contribution >= 4 is 28.8 Å². The lowest BCUT2D eigenvalue weighted by atomic mass is 10.1. The Morgan fingerprint density at radius 3 is 2.92 bits per heavy atom. The molecule has 0 saturated carbocycles. The van der Waals surface area contributed by atoms with E-state index in [1.54, 1.807) is 0 Å². The van der Waals surface area contributed by atoms with Crippen LogP contribution in [-0.2, 0) is 6.42 Å². The number of nitrogens with zero attached hydrogens (tertiary/aromatic N) is 2. The summed E-state index contributed by atoms with van der Waals surface area (Å²) in [6.07, 6.45) is 2.18. The number of aromatic nitrogens is 1. The van der Waals surface area contributed by atoms with Crippen molar-refractivity contribution in [1.82, 2.24) is 10.3 Å². The number of thiocarbonyl (C=S) groups is 1. The Morgan fingerprint density at radius 2 is 2.08 bits per heavy atom. The van der Waals surface area contributed by atoms with Gasteiger partial charge in [-0.15, -0.1) is 0 Å². The quantitative estimate of drug-likeness (QED) is 0.644. The number of benzene rings is 1. The molecule has 2 heterocycles. The molecule has 4 nitrogen and oxygen atoms in total. The molecule has 1 aromatic heterocycles. The summed E-state index contributed by atoms with van der Waals surface area (Å²) in [6, 6.07) is 15.1. The van der Waals surface area contributed by atoms with Crippen LogP contribution in [0.25, 0.3) is 0 Å². The molecule has 0 radical (unpaired) electrons. The molecule has 5 heteroatoms. The van der Waals surface area contributed by atoms with E-state index in [9.17, 15) is 0 Å². The monoisotopic (exact) mass is 340 g/mol. The number of anilines is 2. The van der Waals surface area contributed by atoms with Crippen LogP contribution >= 0.6 is 12.2 Å². The van der Waals surface area contributed by atoms with E-state index >= 15 is 0 Å². The second-order valence-electron chi connectivity index (χ2n) is 6.27. The fourth-order valence-corrected chi connectivity index (χ4v) is 3.40. The SMILES string of the molecule is Cc1cccc(NC(=S)NCCCN2c3ccccc3CC2C)n1. The number of fused-ring (bicyclic) bond motifs is 1. The van der Waals surface area contributed by atoms with E-state index in [1.165, 1.54) is 11.3 Å². The van der Waals surface area contributed by atoms with Gasteiger partial charge in [-0.3, -0.25) is 0 Å². The number of hydrogen-bond acceptors (Lipinski definition) is 3. The molecule has 2 aromatic rings. The Balaban J connectivity index is 1.43. The first kappa shape index (κ1) is 16.7. The molecule has 1 atom stereocenters. The van der Waals surface area contributed by atoms with Gasteiger partial charge in [0.05, 0.1) is 0 Å². The van der Waals surface area contributed by atoms with Gasteiger partial charge in [0.25, 0.3) is 0 Å². The zero-order chi connectivity index (χ0) is 16.9. The maximum atomic E-state index is 5.34. The van der Waals surface area contributed by atoms with Crippen LogP contribution in [0.15, 0.2) is 42.5 Å². The number of hydrogen-bond donors (Lipinski definition) is 2. The number of pyridine rings is 1. The van der Waals surface area contributed by atoms with Crippen LogP contribution in [-0.4, -0.2) is 29.2 Å². The zero-order valence-corrected chi connectivity index (χ0v) is 15.1. The molecule has 3 rings (SSSR count). The van der Waals surface area contributed by atoms with E-state index in [-0.39, 0.29) is 0 Å². The lowest BCUT2D eigenvalue weighted by Crippen LogP contribution is -2.34. The summed E-state index contributed by atoms with van der Waals surface area (Å²) in [4.78, 5) is 6.89. The molecule has 0 aliphatic carbocycles. The predicted molar refractivity (Wildman–Crippen MR) is 105 cm³/mol. The zero-order valence-electron chi connectivity index (χ0n) is 14.2. The van der Waals surface area contributed by atoms with Crippen molar-refractivity contribution in [2.24, 2.45) is 0 Å². The highest BCUT2D eigenvalue weighted by Gasteiger charge is 2.24. The van der Waals surface area contributed by atoms with Crippen molar-refractivity contribution in [3.05, 3.63) is 53.7 Å². The second-order valence-corrected chi connectivity index (χ2v) is 6.68. The van der Waals surface area contributed by atoms with Gasteiger partial charge in [0.1, 0.15) is 5.82 Å². The lowest BCUT2D eigenvalue weighted by Gasteiger charge is -2.25. The van der Waals surface area contributed by atoms with E-state index in [1.807, 2.05) is 25.1 Å². The van der Waals surface area contributed by atoms with Gasteiger partial charge < -0.3 is 15.5 Å². The highest BCUT2D eigenvalue weighted by Crippen LogP contribution is 2.31. The summed E-state index contributed by atoms with van der Waals surface area (Å²) in [5.41, 5.74) is 3.82. The van der Waals surface area contributed by atoms with Gasteiger partial charge in [0.15, 0.2) is 5.11 Å². The standard InChI is InChI=1S/C19H24N4S/c1-14-7-5-10-18(21-14)22-19(24)20-11-6-12-23-15(2)13-16-8-3-4-9-17(16)23/h3-5,7-10,15H,6,11-13H2,1-2H3,(H2,20,21,22,24). The summed E-state index contributed by atoms with van der Waals surface area (Å²) < 4.78 is 0. The molecular formula is C19H24N4S. The maximum absolute atomic E-state index is 5.34. The molecule has 0 amide bonds. The number of nitrogens with one attached hydrogen (secondary N) is 2. The lowest BCUT2D eigenvalue weighted by molar-refractivity contribution is 0.641. The van der Waals surface area contributed by atoms with E-state index in [0.717, 1.165) is 37.4 Å². The van der Waals surface area contributed by atoms with E-state index in [2.05, 4.69) is 51.7 Å². The van der Waals surface area contributed by atoms with Gasteiger partial charge in [-0.1, -0.05) is 24.3 Å². The normalized spacial score (nSPS) is 15.9. The van der Waals surface area contributed by atoms with Crippen LogP contribution in [0.3, 0.4) is 0 Å². The first-order valence-electron chi connectivity index (χ1n) is 8.46. The summed E-state index contributed by atoms with van der Waals surface area (Å²) in [7, 11) is 0. The van der Waals surface area contributed by atoms with Crippen molar-refractivity contribution < 1.29 is 0 Å². The van der Waals surface area contributed by atoms with Crippen LogP contribution in [0, 0.1) is 6.92 Å². The van der Waals surface area contributed by atoms with Gasteiger partial charge in [-0.05, 0) is 62.7 Å². The molecule has 126 valence electrons. The van der Waals surface area contributed by atoms with Crippen LogP contribution in [0.1, 0.15) is 24.6 Å². The third-order valence-corrected chi connectivity index (χ3v) is 4.59. The van der Waals surface area contributed by atoms with Gasteiger partial charge in [-0.2, -0.15) is 0 Å². The predicted octanol–water partition coefficient (Wildman–Crippen LogP) is 3.52. The van der Waals surface area contributed by atoms with E-state index < -0.39 is 0 Å². The van der Waals surface area contributed by atoms with Crippen LogP contribution < -0.4 is 15.5 Å². The Hall–Kier alpha value is -2.14. The summed E-state index contributed by atoms with van der Waals surface area (Å²) >= 11 is 5.34. The molecule has 0 bridgehead atoms. The van der Waals surface area contributed by atoms with Crippen molar-refractivity contribution in [2.45, 2.75) is 32.7 Å². The number of rotatable bonds is 5. The van der Waals surface area contributed by atoms with Crippen molar-refractivity contribution in [1.29, 1.82) is 0 Å². The van der Waals surface area contributed by atoms with Crippen molar-refractivity contribution in [2.75, 3.05) is 23.3 Å². The molecule has 1 unspecified atom stereocenters. The molecule has 0 saturated heterocycles. The topological polar surface area (TPSA) is 40.2 Å². The van der Waals surface area contributed by atoms with Crippen LogP contribution in [0.5, 0.6) is 0 Å². The number of aryl methyl sites for hydroxylation is 1. The average molecular weight is 340 g/mol. The van der Waals surface area contributed by atoms with Gasteiger partial charge in [-0.25, -0.2) is 4.98 Å². The smallest absolute Gasteiger partial charge is 0.171 e. The molecule has 1 aromatic carbocycles. The minimum Gasteiger partial charge on any atom is -0.368 e. The number of para-hydroxylation sites is 1. The molecule has 1 aliphatic heterocycles. The van der Waals surface area contributed by atoms with E-state index in [4.69, 9.17) is 12.2 Å². The van der Waals surface area contributed by atoms with Crippen LogP contribution in [0.2, 0.25) is 0 Å². The summed E-state index contributed by atoms with van der Waals surface area (Å²) in [5, 5.41) is 7.03. The fourth-order valence-electron chi connectivity index (χ4n) is 3.19. The van der Waals surface area contributed by atoms with Gasteiger partial charge in [0, 0.05) is 30.5 Å². The van der Waals surface area contributed by atoms with Crippen molar-refractivity contribution in [3.63, 3.8) is 0 Å². The minimum atomic E-state index is 0.573. The fraction of sp³-hybridized carbons (Fsp3) is 0.368. The van der Waals surface area contributed by atoms with E-state index in [0.29, 0.717) is 11.2 Å². The first-order chi connectivity index (χ1) is 11.6. The third kappa shape index (κ3) is 4.03. The Labute approximate surface area is 149 Å². The first-order valence-corrected chi connectivity index (χ1v) is 8.87. The third-order valence-electron chi connectivity index (χ3n) is 4.34.